The van der Waals surface area contributed by atoms with Gasteiger partial charge in [-0.3, -0.25) is 4.99 Å². The lowest BCUT2D eigenvalue weighted by atomic mass is 9.98. The number of hydrogen-bond acceptors (Lipinski definition) is 4. The molecule has 1 fully saturated rings. The third kappa shape index (κ3) is 6.77. The molecule has 164 valence electrons. The van der Waals surface area contributed by atoms with Gasteiger partial charge in [0.1, 0.15) is 12.4 Å². The average Bonchev–Trinajstić information content (AvgIpc) is 2.68. The third-order valence-corrected chi connectivity index (χ3v) is 6.30. The van der Waals surface area contributed by atoms with Crippen LogP contribution in [0.1, 0.15) is 18.4 Å². The predicted molar refractivity (Wildman–Crippen MR) is 105 cm³/mol. The molecule has 0 aliphatic carbocycles. The molecule has 1 heterocycles. The van der Waals surface area contributed by atoms with Crippen molar-refractivity contribution in [1.82, 2.24) is 14.9 Å². The molecular weight excluding hydrogens is 409 g/mol. The summed E-state index contributed by atoms with van der Waals surface area (Å²) in [5, 5.41) is 6.22. The van der Waals surface area contributed by atoms with Crippen LogP contribution in [0.4, 0.5) is 13.2 Å². The van der Waals surface area contributed by atoms with Gasteiger partial charge in [-0.25, -0.2) is 8.42 Å². The Morgan fingerprint density at radius 3 is 2.38 bits per heavy atom. The Balaban J connectivity index is 1.67. The topological polar surface area (TPSA) is 83.0 Å². The summed E-state index contributed by atoms with van der Waals surface area (Å²) in [7, 11) is -3.62. The highest BCUT2D eigenvalue weighted by Gasteiger charge is 2.50. The van der Waals surface area contributed by atoms with Gasteiger partial charge in [-0.15, -0.1) is 0 Å². The highest BCUT2D eigenvalue weighted by atomic mass is 32.2. The van der Waals surface area contributed by atoms with Crippen LogP contribution >= 0.6 is 0 Å². The number of ether oxygens (including phenoxy) is 1. The highest BCUT2D eigenvalue weighted by molar-refractivity contribution is 7.90. The molecule has 1 aliphatic heterocycles. The Hall–Kier alpha value is -2.01. The molecule has 0 radical (unpaired) electrons. The quantitative estimate of drug-likeness (QED) is 0.389. The second kappa shape index (κ2) is 10.1. The molecule has 0 atom stereocenters. The maximum atomic E-state index is 12.6. The molecule has 1 aliphatic rings. The molecule has 0 amide bonds. The number of halogens is 3. The van der Waals surface area contributed by atoms with Crippen LogP contribution in [-0.2, 0) is 10.0 Å². The normalized spacial score (nSPS) is 17.2. The van der Waals surface area contributed by atoms with Gasteiger partial charge >= 0.3 is 15.5 Å². The van der Waals surface area contributed by atoms with Crippen LogP contribution in [0, 0.1) is 12.8 Å². The number of aryl methyl sites for hydroxylation is 1. The van der Waals surface area contributed by atoms with E-state index >= 15 is 0 Å². The molecule has 2 rings (SSSR count). The van der Waals surface area contributed by atoms with Crippen molar-refractivity contribution in [1.29, 1.82) is 0 Å². The molecule has 0 bridgehead atoms. The highest BCUT2D eigenvalue weighted by Crippen LogP contribution is 2.30. The van der Waals surface area contributed by atoms with Gasteiger partial charge < -0.3 is 15.4 Å². The number of aliphatic imine (C=N–C) groups is 1. The lowest BCUT2D eigenvalue weighted by molar-refractivity contribution is -0.0496. The van der Waals surface area contributed by atoms with E-state index in [0.29, 0.717) is 42.8 Å². The van der Waals surface area contributed by atoms with E-state index < -0.39 is 15.5 Å². The van der Waals surface area contributed by atoms with Crippen LogP contribution in [0.2, 0.25) is 0 Å². The summed E-state index contributed by atoms with van der Waals surface area (Å²) in [5.41, 5.74) is -4.09. The molecule has 11 heteroatoms. The number of sulfonamides is 1. The molecule has 0 saturated carbocycles. The van der Waals surface area contributed by atoms with Crippen molar-refractivity contribution < 1.29 is 26.3 Å². The van der Waals surface area contributed by atoms with Crippen LogP contribution in [0.5, 0.6) is 5.75 Å². The van der Waals surface area contributed by atoms with Gasteiger partial charge in [0.2, 0.25) is 0 Å². The van der Waals surface area contributed by atoms with Gasteiger partial charge in [-0.2, -0.15) is 17.5 Å². The van der Waals surface area contributed by atoms with Crippen LogP contribution in [-0.4, -0.2) is 64.0 Å². The van der Waals surface area contributed by atoms with Crippen molar-refractivity contribution in [3.63, 3.8) is 0 Å². The molecular formula is C18H27F3N4O3S. The Kier molecular flexibility index (Phi) is 8.14. The van der Waals surface area contributed by atoms with E-state index in [0.717, 1.165) is 11.3 Å². The summed E-state index contributed by atoms with van der Waals surface area (Å²) in [4.78, 5) is 4.10. The van der Waals surface area contributed by atoms with Crippen LogP contribution in [0.15, 0.2) is 29.3 Å². The monoisotopic (exact) mass is 436 g/mol. The maximum absolute atomic E-state index is 12.6. The number of benzene rings is 1. The molecule has 2 N–H and O–H groups in total. The van der Waals surface area contributed by atoms with Crippen molar-refractivity contribution >= 4 is 16.0 Å². The van der Waals surface area contributed by atoms with Gasteiger partial charge in [0.25, 0.3) is 0 Å². The Morgan fingerprint density at radius 2 is 1.83 bits per heavy atom. The molecule has 1 saturated heterocycles. The predicted octanol–water partition coefficient (Wildman–Crippen LogP) is 2.10. The average molecular weight is 437 g/mol. The zero-order valence-corrected chi connectivity index (χ0v) is 17.3. The minimum atomic E-state index is -5.25. The molecule has 1 aromatic carbocycles. The standard InChI is InChI=1S/C18H27F3N4O3S/c1-14-3-5-16(6-4-14)28-12-9-23-17(22-2)24-13-15-7-10-25(11-8-15)29(26,27)18(19,20)21/h3-6,15H,7-13H2,1-2H3,(H2,22,23,24). The SMILES string of the molecule is CN=C(NCCOc1ccc(C)cc1)NCC1CCN(S(=O)(=O)C(F)(F)F)CC1. The van der Waals surface area contributed by atoms with Gasteiger partial charge in [0, 0.05) is 26.7 Å². The number of alkyl halides is 3. The van der Waals surface area contributed by atoms with Gasteiger partial charge in [-0.05, 0) is 37.8 Å². The number of nitrogens with one attached hydrogen (secondary N) is 2. The molecule has 0 aromatic heterocycles. The fourth-order valence-electron chi connectivity index (χ4n) is 2.93. The van der Waals surface area contributed by atoms with Crippen LogP contribution in [0.3, 0.4) is 0 Å². The largest absolute Gasteiger partial charge is 0.511 e. The number of hydrogen-bond donors (Lipinski definition) is 2. The van der Waals surface area contributed by atoms with Gasteiger partial charge in [0.05, 0.1) is 6.54 Å². The summed E-state index contributed by atoms with van der Waals surface area (Å²) >= 11 is 0. The van der Waals surface area contributed by atoms with Crippen molar-refractivity contribution in [2.45, 2.75) is 25.3 Å². The second-order valence-electron chi connectivity index (χ2n) is 6.83. The number of nitrogens with zero attached hydrogens (tertiary/aromatic N) is 2. The van der Waals surface area contributed by atoms with Crippen molar-refractivity contribution in [3.8, 4) is 5.75 Å². The minimum absolute atomic E-state index is 0.0667. The first-order chi connectivity index (χ1) is 13.6. The molecule has 7 nitrogen and oxygen atoms in total. The Morgan fingerprint density at radius 1 is 1.21 bits per heavy atom. The summed E-state index contributed by atoms with van der Waals surface area (Å²) in [6.45, 7) is 3.20. The summed E-state index contributed by atoms with van der Waals surface area (Å²) in [6, 6.07) is 7.73. The fourth-order valence-corrected chi connectivity index (χ4v) is 3.92. The van der Waals surface area contributed by atoms with E-state index in [1.165, 1.54) is 0 Å². The minimum Gasteiger partial charge on any atom is -0.492 e. The van der Waals surface area contributed by atoms with Crippen LogP contribution < -0.4 is 15.4 Å². The number of rotatable bonds is 7. The smallest absolute Gasteiger partial charge is 0.492 e. The van der Waals surface area contributed by atoms with E-state index in [-0.39, 0.29) is 19.0 Å². The first kappa shape index (κ1) is 23.3. The lowest BCUT2D eigenvalue weighted by Gasteiger charge is -2.31. The van der Waals surface area contributed by atoms with E-state index in [2.05, 4.69) is 15.6 Å². The van der Waals surface area contributed by atoms with Crippen molar-refractivity contribution in [3.05, 3.63) is 29.8 Å². The number of piperidine rings is 1. The first-order valence-corrected chi connectivity index (χ1v) is 10.8. The molecule has 29 heavy (non-hydrogen) atoms. The van der Waals surface area contributed by atoms with Crippen molar-refractivity contribution in [2.24, 2.45) is 10.9 Å². The lowest BCUT2D eigenvalue weighted by Crippen LogP contribution is -2.47. The van der Waals surface area contributed by atoms with Gasteiger partial charge in [-0.1, -0.05) is 17.7 Å². The van der Waals surface area contributed by atoms with Crippen molar-refractivity contribution in [2.75, 3.05) is 39.8 Å². The first-order valence-electron chi connectivity index (χ1n) is 9.34. The van der Waals surface area contributed by atoms with E-state index in [1.807, 2.05) is 31.2 Å². The Labute approximate surface area is 169 Å². The maximum Gasteiger partial charge on any atom is 0.511 e. The van der Waals surface area contributed by atoms with E-state index in [1.54, 1.807) is 7.05 Å². The summed E-state index contributed by atoms with van der Waals surface area (Å²) in [5.74, 6) is 1.40. The summed E-state index contributed by atoms with van der Waals surface area (Å²) < 4.78 is 66.8. The molecule has 0 spiro atoms. The van der Waals surface area contributed by atoms with E-state index in [4.69, 9.17) is 4.74 Å². The fraction of sp³-hybridized carbons (Fsp3) is 0.611. The summed E-state index contributed by atoms with van der Waals surface area (Å²) in [6.07, 6.45) is 0.714. The molecule has 0 unspecified atom stereocenters. The third-order valence-electron chi connectivity index (χ3n) is 4.67. The number of guanidine groups is 1. The van der Waals surface area contributed by atoms with E-state index in [9.17, 15) is 21.6 Å². The second-order valence-corrected chi connectivity index (χ2v) is 8.76. The van der Waals surface area contributed by atoms with Gasteiger partial charge in [0.15, 0.2) is 5.96 Å². The van der Waals surface area contributed by atoms with Crippen LogP contribution in [0.25, 0.3) is 0 Å². The zero-order valence-electron chi connectivity index (χ0n) is 16.5. The zero-order chi connectivity index (χ0) is 21.5. The molecule has 1 aromatic rings. The Bertz CT molecular complexity index is 775.